The number of hydrogen-bond donors (Lipinski definition) is 1. The van der Waals surface area contributed by atoms with E-state index < -0.39 is 0 Å². The van der Waals surface area contributed by atoms with Gasteiger partial charge in [0.15, 0.2) is 0 Å². The summed E-state index contributed by atoms with van der Waals surface area (Å²) in [5.41, 5.74) is 6.31. The van der Waals surface area contributed by atoms with Gasteiger partial charge in [-0.05, 0) is 50.9 Å². The molecule has 2 unspecified atom stereocenters. The molecule has 2 aliphatic rings. The van der Waals surface area contributed by atoms with Crippen molar-refractivity contribution in [1.82, 2.24) is 0 Å². The molecule has 0 amide bonds. The molecule has 1 aliphatic carbocycles. The first-order valence-electron chi connectivity index (χ1n) is 6.76. The van der Waals surface area contributed by atoms with Gasteiger partial charge in [-0.1, -0.05) is 0 Å². The van der Waals surface area contributed by atoms with Gasteiger partial charge in [0.25, 0.3) is 0 Å². The van der Waals surface area contributed by atoms with Crippen molar-refractivity contribution in [2.45, 2.75) is 51.2 Å². The zero-order chi connectivity index (χ0) is 11.4. The van der Waals surface area contributed by atoms with Crippen LogP contribution in [0, 0.1) is 11.8 Å². The summed E-state index contributed by atoms with van der Waals surface area (Å²) in [6.45, 7) is 4.69. The maximum Gasteiger partial charge on any atom is 0.0753 e. The molecule has 1 saturated carbocycles. The second kappa shape index (κ2) is 5.99. The lowest BCUT2D eigenvalue weighted by atomic mass is 9.89. The second-order valence-corrected chi connectivity index (χ2v) is 5.21. The standard InChI is InChI=1S/C13H25NO2/c1-2-16-13(11-3-4-11)12(14)9-10-5-7-15-8-6-10/h10-13H,2-9,14H2,1H3. The molecule has 0 aromatic rings. The Labute approximate surface area is 98.7 Å². The van der Waals surface area contributed by atoms with Gasteiger partial charge in [0.1, 0.15) is 0 Å². The summed E-state index contributed by atoms with van der Waals surface area (Å²) in [5, 5.41) is 0. The van der Waals surface area contributed by atoms with Crippen LogP contribution in [0.5, 0.6) is 0 Å². The van der Waals surface area contributed by atoms with Crippen molar-refractivity contribution >= 4 is 0 Å². The molecule has 2 fully saturated rings. The predicted molar refractivity (Wildman–Crippen MR) is 64.3 cm³/mol. The fourth-order valence-corrected chi connectivity index (χ4v) is 2.73. The fourth-order valence-electron chi connectivity index (χ4n) is 2.73. The van der Waals surface area contributed by atoms with Crippen LogP contribution in [0.15, 0.2) is 0 Å². The topological polar surface area (TPSA) is 44.5 Å². The van der Waals surface area contributed by atoms with Gasteiger partial charge in [-0.3, -0.25) is 0 Å². The van der Waals surface area contributed by atoms with Crippen LogP contribution in [0.1, 0.15) is 39.0 Å². The maximum absolute atomic E-state index is 6.31. The Balaban J connectivity index is 1.77. The van der Waals surface area contributed by atoms with Gasteiger partial charge in [0.2, 0.25) is 0 Å². The third-order valence-corrected chi connectivity index (χ3v) is 3.81. The molecule has 0 aromatic heterocycles. The molecule has 0 bridgehead atoms. The Morgan fingerprint density at radius 3 is 2.50 bits per heavy atom. The van der Waals surface area contributed by atoms with Crippen molar-refractivity contribution in [3.05, 3.63) is 0 Å². The van der Waals surface area contributed by atoms with Crippen molar-refractivity contribution in [3.8, 4) is 0 Å². The molecule has 1 aliphatic heterocycles. The largest absolute Gasteiger partial charge is 0.381 e. The summed E-state index contributed by atoms with van der Waals surface area (Å²) >= 11 is 0. The minimum Gasteiger partial charge on any atom is -0.381 e. The molecular formula is C13H25NO2. The molecule has 16 heavy (non-hydrogen) atoms. The van der Waals surface area contributed by atoms with E-state index in [1.165, 1.54) is 25.7 Å². The summed E-state index contributed by atoms with van der Waals surface area (Å²) in [6.07, 6.45) is 6.41. The zero-order valence-corrected chi connectivity index (χ0v) is 10.4. The Kier molecular flexibility index (Phi) is 4.62. The van der Waals surface area contributed by atoms with E-state index in [-0.39, 0.29) is 6.04 Å². The Morgan fingerprint density at radius 2 is 1.94 bits per heavy atom. The Bertz CT molecular complexity index is 200. The van der Waals surface area contributed by atoms with E-state index in [2.05, 4.69) is 6.92 Å². The molecular weight excluding hydrogens is 202 g/mol. The van der Waals surface area contributed by atoms with Crippen LogP contribution in [0.25, 0.3) is 0 Å². The highest BCUT2D eigenvalue weighted by Gasteiger charge is 2.36. The third kappa shape index (κ3) is 3.44. The summed E-state index contributed by atoms with van der Waals surface area (Å²) in [4.78, 5) is 0. The average molecular weight is 227 g/mol. The van der Waals surface area contributed by atoms with Crippen LogP contribution in [0.4, 0.5) is 0 Å². The van der Waals surface area contributed by atoms with Crippen molar-refractivity contribution in [2.24, 2.45) is 17.6 Å². The maximum atomic E-state index is 6.31. The van der Waals surface area contributed by atoms with Gasteiger partial charge < -0.3 is 15.2 Å². The van der Waals surface area contributed by atoms with Gasteiger partial charge >= 0.3 is 0 Å². The average Bonchev–Trinajstić information content (AvgIpc) is 3.11. The van der Waals surface area contributed by atoms with E-state index in [1.807, 2.05) is 0 Å². The van der Waals surface area contributed by atoms with E-state index >= 15 is 0 Å². The van der Waals surface area contributed by atoms with E-state index in [0.29, 0.717) is 6.10 Å². The van der Waals surface area contributed by atoms with Gasteiger partial charge in [-0.2, -0.15) is 0 Å². The van der Waals surface area contributed by atoms with Crippen LogP contribution in [-0.4, -0.2) is 32.0 Å². The number of hydrogen-bond acceptors (Lipinski definition) is 3. The van der Waals surface area contributed by atoms with Crippen molar-refractivity contribution in [1.29, 1.82) is 0 Å². The second-order valence-electron chi connectivity index (χ2n) is 5.21. The lowest BCUT2D eigenvalue weighted by Gasteiger charge is -2.29. The number of rotatable bonds is 6. The van der Waals surface area contributed by atoms with Crippen LogP contribution in [-0.2, 0) is 9.47 Å². The highest BCUT2D eigenvalue weighted by Crippen LogP contribution is 2.37. The van der Waals surface area contributed by atoms with Crippen LogP contribution in [0.2, 0.25) is 0 Å². The molecule has 2 atom stereocenters. The lowest BCUT2D eigenvalue weighted by molar-refractivity contribution is 0.0119. The normalized spacial score (nSPS) is 26.6. The Morgan fingerprint density at radius 1 is 1.25 bits per heavy atom. The summed E-state index contributed by atoms with van der Waals surface area (Å²) < 4.78 is 11.2. The molecule has 0 aromatic carbocycles. The first kappa shape index (κ1) is 12.3. The molecule has 1 saturated heterocycles. The van der Waals surface area contributed by atoms with E-state index in [4.69, 9.17) is 15.2 Å². The SMILES string of the molecule is CCOC(C(N)CC1CCOCC1)C1CC1. The highest BCUT2D eigenvalue weighted by molar-refractivity contribution is 4.90. The molecule has 3 nitrogen and oxygen atoms in total. The van der Waals surface area contributed by atoms with Crippen LogP contribution in [0.3, 0.4) is 0 Å². The summed E-state index contributed by atoms with van der Waals surface area (Å²) in [6, 6.07) is 0.232. The molecule has 94 valence electrons. The molecule has 2 rings (SSSR count). The van der Waals surface area contributed by atoms with Crippen LogP contribution >= 0.6 is 0 Å². The molecule has 0 radical (unpaired) electrons. The number of ether oxygens (including phenoxy) is 2. The molecule has 3 heteroatoms. The highest BCUT2D eigenvalue weighted by atomic mass is 16.5. The predicted octanol–water partition coefficient (Wildman–Crippen LogP) is 1.95. The van der Waals surface area contributed by atoms with Crippen molar-refractivity contribution in [2.75, 3.05) is 19.8 Å². The molecule has 2 N–H and O–H groups in total. The quantitative estimate of drug-likeness (QED) is 0.754. The van der Waals surface area contributed by atoms with E-state index in [9.17, 15) is 0 Å². The summed E-state index contributed by atoms with van der Waals surface area (Å²) in [7, 11) is 0. The zero-order valence-electron chi connectivity index (χ0n) is 10.4. The van der Waals surface area contributed by atoms with Gasteiger partial charge in [-0.25, -0.2) is 0 Å². The van der Waals surface area contributed by atoms with Gasteiger partial charge in [0.05, 0.1) is 6.10 Å². The third-order valence-electron chi connectivity index (χ3n) is 3.81. The molecule has 0 spiro atoms. The van der Waals surface area contributed by atoms with Gasteiger partial charge in [-0.15, -0.1) is 0 Å². The van der Waals surface area contributed by atoms with Crippen molar-refractivity contribution < 1.29 is 9.47 Å². The van der Waals surface area contributed by atoms with Gasteiger partial charge in [0, 0.05) is 25.9 Å². The smallest absolute Gasteiger partial charge is 0.0753 e. The van der Waals surface area contributed by atoms with E-state index in [0.717, 1.165) is 38.1 Å². The fraction of sp³-hybridized carbons (Fsp3) is 1.00. The first-order valence-corrected chi connectivity index (χ1v) is 6.76. The lowest BCUT2D eigenvalue weighted by Crippen LogP contribution is -2.40. The van der Waals surface area contributed by atoms with E-state index in [1.54, 1.807) is 0 Å². The Hall–Kier alpha value is -0.120. The van der Waals surface area contributed by atoms with Crippen molar-refractivity contribution in [3.63, 3.8) is 0 Å². The monoisotopic (exact) mass is 227 g/mol. The number of nitrogens with two attached hydrogens (primary N) is 1. The minimum absolute atomic E-state index is 0.232. The minimum atomic E-state index is 0.232. The first-order chi connectivity index (χ1) is 7.81. The van der Waals surface area contributed by atoms with Crippen LogP contribution < -0.4 is 5.73 Å². The summed E-state index contributed by atoms with van der Waals surface area (Å²) in [5.74, 6) is 1.50. The molecule has 1 heterocycles.